The van der Waals surface area contributed by atoms with Gasteiger partial charge in [-0.3, -0.25) is 4.79 Å². The molecule has 2 aromatic carbocycles. The Morgan fingerprint density at radius 2 is 1.68 bits per heavy atom. The summed E-state index contributed by atoms with van der Waals surface area (Å²) in [7, 11) is 0. The van der Waals surface area contributed by atoms with E-state index in [0.29, 0.717) is 6.54 Å². The third-order valence-electron chi connectivity index (χ3n) is 3.63. The fourth-order valence-electron chi connectivity index (χ4n) is 2.63. The predicted molar refractivity (Wildman–Crippen MR) is 75.9 cm³/mol. The molecular formula is C17H17NO. The van der Waals surface area contributed by atoms with E-state index in [-0.39, 0.29) is 5.91 Å². The first-order chi connectivity index (χ1) is 9.34. The van der Waals surface area contributed by atoms with Crippen molar-refractivity contribution in [3.05, 3.63) is 71.3 Å². The molecule has 0 radical (unpaired) electrons. The summed E-state index contributed by atoms with van der Waals surface area (Å²) in [5, 5.41) is 0. The van der Waals surface area contributed by atoms with Crippen molar-refractivity contribution in [3.8, 4) is 0 Å². The molecule has 0 N–H and O–H groups in total. The van der Waals surface area contributed by atoms with Crippen LogP contribution in [0.3, 0.4) is 0 Å². The largest absolute Gasteiger partial charge is 0.334 e. The predicted octanol–water partition coefficient (Wildman–Crippen LogP) is 3.28. The van der Waals surface area contributed by atoms with Crippen LogP contribution < -0.4 is 0 Å². The summed E-state index contributed by atoms with van der Waals surface area (Å²) in [5.74, 6) is 0.164. The quantitative estimate of drug-likeness (QED) is 0.802. The summed E-state index contributed by atoms with van der Waals surface area (Å²) in [6.07, 6.45) is 2.03. The van der Waals surface area contributed by atoms with Crippen LogP contribution in [0, 0.1) is 0 Å². The van der Waals surface area contributed by atoms with Crippen molar-refractivity contribution in [2.45, 2.75) is 19.4 Å². The molecule has 1 amide bonds. The summed E-state index contributed by atoms with van der Waals surface area (Å²) in [4.78, 5) is 14.5. The van der Waals surface area contributed by atoms with Gasteiger partial charge in [-0.05, 0) is 30.0 Å². The zero-order chi connectivity index (χ0) is 13.1. The Morgan fingerprint density at radius 1 is 0.947 bits per heavy atom. The van der Waals surface area contributed by atoms with Crippen LogP contribution in [-0.4, -0.2) is 17.4 Å². The van der Waals surface area contributed by atoms with Gasteiger partial charge in [0, 0.05) is 18.7 Å². The van der Waals surface area contributed by atoms with Gasteiger partial charge in [-0.2, -0.15) is 0 Å². The number of benzene rings is 2. The molecule has 0 unspecified atom stereocenters. The van der Waals surface area contributed by atoms with E-state index < -0.39 is 0 Å². The van der Waals surface area contributed by atoms with Crippen LogP contribution >= 0.6 is 0 Å². The van der Waals surface area contributed by atoms with E-state index in [2.05, 4.69) is 18.2 Å². The molecule has 0 aliphatic carbocycles. The van der Waals surface area contributed by atoms with E-state index in [1.807, 2.05) is 41.3 Å². The van der Waals surface area contributed by atoms with Gasteiger partial charge in [0.25, 0.3) is 5.91 Å². The molecule has 0 fully saturated rings. The third-order valence-corrected chi connectivity index (χ3v) is 3.63. The number of hydrogen-bond acceptors (Lipinski definition) is 1. The molecule has 19 heavy (non-hydrogen) atoms. The molecule has 0 bridgehead atoms. The van der Waals surface area contributed by atoms with Crippen molar-refractivity contribution in [1.82, 2.24) is 4.90 Å². The van der Waals surface area contributed by atoms with Crippen LogP contribution in [0.1, 0.15) is 27.9 Å². The number of carbonyl (C=O) groups is 1. The minimum atomic E-state index is 0.164. The summed E-state index contributed by atoms with van der Waals surface area (Å²) < 4.78 is 0. The van der Waals surface area contributed by atoms with Gasteiger partial charge in [0.15, 0.2) is 0 Å². The Hall–Kier alpha value is -2.09. The first-order valence-corrected chi connectivity index (χ1v) is 6.76. The molecule has 0 spiro atoms. The van der Waals surface area contributed by atoms with Crippen molar-refractivity contribution >= 4 is 5.91 Å². The van der Waals surface area contributed by atoms with Crippen molar-refractivity contribution in [3.63, 3.8) is 0 Å². The molecule has 0 saturated heterocycles. The van der Waals surface area contributed by atoms with Crippen molar-refractivity contribution in [2.24, 2.45) is 0 Å². The highest BCUT2D eigenvalue weighted by molar-refractivity contribution is 5.96. The van der Waals surface area contributed by atoms with E-state index in [1.54, 1.807) is 0 Å². The normalized spacial score (nSPS) is 14.9. The molecule has 2 aromatic rings. The summed E-state index contributed by atoms with van der Waals surface area (Å²) in [5.41, 5.74) is 3.24. The lowest BCUT2D eigenvalue weighted by atomic mass is 10.0. The van der Waals surface area contributed by atoms with Crippen LogP contribution in [0.2, 0.25) is 0 Å². The van der Waals surface area contributed by atoms with Gasteiger partial charge >= 0.3 is 0 Å². The van der Waals surface area contributed by atoms with E-state index in [9.17, 15) is 4.79 Å². The Balaban J connectivity index is 1.86. The second-order valence-corrected chi connectivity index (χ2v) is 4.97. The average Bonchev–Trinajstić information content (AvgIpc) is 2.61. The molecule has 0 atom stereocenters. The SMILES string of the molecule is O=C1c2ccccc2CCCN1Cc1ccccc1. The number of carbonyl (C=O) groups excluding carboxylic acids is 1. The molecule has 3 rings (SSSR count). The van der Waals surface area contributed by atoms with E-state index >= 15 is 0 Å². The van der Waals surface area contributed by atoms with E-state index in [0.717, 1.165) is 24.9 Å². The molecule has 1 heterocycles. The zero-order valence-electron chi connectivity index (χ0n) is 10.9. The standard InChI is InChI=1S/C17H17NO/c19-17-16-11-5-4-9-15(16)10-6-12-18(17)13-14-7-2-1-3-8-14/h1-5,7-9,11H,6,10,12-13H2. The number of amides is 1. The molecule has 0 aromatic heterocycles. The fraction of sp³-hybridized carbons (Fsp3) is 0.235. The van der Waals surface area contributed by atoms with Crippen LogP contribution in [0.25, 0.3) is 0 Å². The monoisotopic (exact) mass is 251 g/mol. The van der Waals surface area contributed by atoms with Crippen LogP contribution in [0.5, 0.6) is 0 Å². The minimum absolute atomic E-state index is 0.164. The first-order valence-electron chi connectivity index (χ1n) is 6.76. The van der Waals surface area contributed by atoms with Crippen LogP contribution in [0.4, 0.5) is 0 Å². The van der Waals surface area contributed by atoms with Gasteiger partial charge in [-0.25, -0.2) is 0 Å². The summed E-state index contributed by atoms with van der Waals surface area (Å²) in [6, 6.07) is 18.2. The molecule has 0 saturated carbocycles. The third kappa shape index (κ3) is 2.53. The highest BCUT2D eigenvalue weighted by Gasteiger charge is 2.21. The number of aryl methyl sites for hydroxylation is 1. The maximum Gasteiger partial charge on any atom is 0.254 e. The van der Waals surface area contributed by atoms with Crippen molar-refractivity contribution in [1.29, 1.82) is 0 Å². The maximum atomic E-state index is 12.6. The van der Waals surface area contributed by atoms with Crippen LogP contribution in [0.15, 0.2) is 54.6 Å². The number of fused-ring (bicyclic) bond motifs is 1. The fourth-order valence-corrected chi connectivity index (χ4v) is 2.63. The van der Waals surface area contributed by atoms with Gasteiger partial charge in [0.1, 0.15) is 0 Å². The number of rotatable bonds is 2. The molecule has 2 heteroatoms. The Labute approximate surface area is 113 Å². The molecule has 2 nitrogen and oxygen atoms in total. The lowest BCUT2D eigenvalue weighted by Crippen LogP contribution is -2.30. The second-order valence-electron chi connectivity index (χ2n) is 4.97. The smallest absolute Gasteiger partial charge is 0.254 e. The zero-order valence-corrected chi connectivity index (χ0v) is 10.9. The Kier molecular flexibility index (Phi) is 3.32. The topological polar surface area (TPSA) is 20.3 Å². The van der Waals surface area contributed by atoms with Crippen LogP contribution in [-0.2, 0) is 13.0 Å². The van der Waals surface area contributed by atoms with Gasteiger partial charge < -0.3 is 4.90 Å². The lowest BCUT2D eigenvalue weighted by molar-refractivity contribution is 0.0749. The summed E-state index contributed by atoms with van der Waals surface area (Å²) >= 11 is 0. The average molecular weight is 251 g/mol. The Morgan fingerprint density at radius 3 is 2.53 bits per heavy atom. The van der Waals surface area contributed by atoms with Crippen molar-refractivity contribution < 1.29 is 4.79 Å². The molecule has 96 valence electrons. The van der Waals surface area contributed by atoms with Gasteiger partial charge in [-0.15, -0.1) is 0 Å². The molecule has 1 aliphatic heterocycles. The number of nitrogens with zero attached hydrogens (tertiary/aromatic N) is 1. The molecular weight excluding hydrogens is 234 g/mol. The Bertz CT molecular complexity index is 577. The highest BCUT2D eigenvalue weighted by atomic mass is 16.2. The first kappa shape index (κ1) is 12.0. The maximum absolute atomic E-state index is 12.6. The van der Waals surface area contributed by atoms with Gasteiger partial charge in [-0.1, -0.05) is 48.5 Å². The lowest BCUT2D eigenvalue weighted by Gasteiger charge is -2.21. The molecule has 1 aliphatic rings. The second kappa shape index (κ2) is 5.27. The van der Waals surface area contributed by atoms with Gasteiger partial charge in [0.05, 0.1) is 0 Å². The number of hydrogen-bond donors (Lipinski definition) is 0. The van der Waals surface area contributed by atoms with Gasteiger partial charge in [0.2, 0.25) is 0 Å². The van der Waals surface area contributed by atoms with E-state index in [1.165, 1.54) is 11.1 Å². The minimum Gasteiger partial charge on any atom is -0.334 e. The van der Waals surface area contributed by atoms with Crippen molar-refractivity contribution in [2.75, 3.05) is 6.54 Å². The van der Waals surface area contributed by atoms with E-state index in [4.69, 9.17) is 0 Å². The highest BCUT2D eigenvalue weighted by Crippen LogP contribution is 2.20. The summed E-state index contributed by atoms with van der Waals surface area (Å²) in [6.45, 7) is 1.54.